The summed E-state index contributed by atoms with van der Waals surface area (Å²) >= 11 is 0. The fraction of sp³-hybridized carbons (Fsp3) is 0.111. The minimum absolute atomic E-state index is 0.161. The average Bonchev–Trinajstić information content (AvgIpc) is 3.01. The van der Waals surface area contributed by atoms with E-state index in [9.17, 15) is 4.79 Å². The van der Waals surface area contributed by atoms with Crippen LogP contribution >= 0.6 is 0 Å². The second-order valence-electron chi connectivity index (χ2n) is 5.26. The molecular weight excluding hydrogens is 274 g/mol. The second kappa shape index (κ2) is 5.85. The monoisotopic (exact) mass is 291 g/mol. The number of aromatic nitrogens is 2. The Morgan fingerprint density at radius 3 is 2.59 bits per heavy atom. The molecule has 0 fully saturated rings. The molecule has 2 heterocycles. The summed E-state index contributed by atoms with van der Waals surface area (Å²) in [5, 5.41) is 2.83. The molecule has 0 saturated carbocycles. The van der Waals surface area contributed by atoms with Gasteiger partial charge in [-0.2, -0.15) is 0 Å². The lowest BCUT2D eigenvalue weighted by Gasteiger charge is -2.10. The largest absolute Gasteiger partial charge is 0.324 e. The zero-order valence-corrected chi connectivity index (χ0v) is 12.6. The van der Waals surface area contributed by atoms with Crippen LogP contribution in [-0.4, -0.2) is 15.5 Å². The van der Waals surface area contributed by atoms with E-state index in [-0.39, 0.29) is 5.91 Å². The molecule has 0 radical (unpaired) electrons. The van der Waals surface area contributed by atoms with Gasteiger partial charge in [0.25, 0.3) is 5.91 Å². The molecule has 0 bridgehead atoms. The Morgan fingerprint density at radius 2 is 1.86 bits per heavy atom. The maximum absolute atomic E-state index is 12.4. The molecule has 0 aliphatic carbocycles. The predicted octanol–water partition coefficient (Wildman–Crippen LogP) is 3.74. The number of aryl methyl sites for hydroxylation is 2. The van der Waals surface area contributed by atoms with Gasteiger partial charge in [0.2, 0.25) is 0 Å². The van der Waals surface area contributed by atoms with Crippen LogP contribution in [0, 0.1) is 13.8 Å². The van der Waals surface area contributed by atoms with Crippen molar-refractivity contribution in [1.29, 1.82) is 0 Å². The molecule has 1 amide bonds. The van der Waals surface area contributed by atoms with Gasteiger partial charge in [-0.15, -0.1) is 0 Å². The van der Waals surface area contributed by atoms with E-state index in [1.165, 1.54) is 0 Å². The summed E-state index contributed by atoms with van der Waals surface area (Å²) in [5.74, 6) is 0.402. The highest BCUT2D eigenvalue weighted by Crippen LogP contribution is 2.17. The number of hydrogen-bond acceptors (Lipinski definition) is 2. The summed E-state index contributed by atoms with van der Waals surface area (Å²) in [6.45, 7) is 3.99. The first-order valence-electron chi connectivity index (χ1n) is 7.11. The van der Waals surface area contributed by atoms with E-state index in [0.717, 1.165) is 16.8 Å². The quantitative estimate of drug-likeness (QED) is 0.799. The number of pyridine rings is 1. The van der Waals surface area contributed by atoms with E-state index < -0.39 is 0 Å². The first-order valence-corrected chi connectivity index (χ1v) is 7.11. The van der Waals surface area contributed by atoms with Crippen LogP contribution in [0.5, 0.6) is 0 Å². The van der Waals surface area contributed by atoms with Crippen molar-refractivity contribution in [3.05, 3.63) is 77.7 Å². The first-order chi connectivity index (χ1) is 10.6. The molecule has 1 N–H and O–H groups in total. The number of hydrogen-bond donors (Lipinski definition) is 1. The van der Waals surface area contributed by atoms with Crippen LogP contribution in [0.3, 0.4) is 0 Å². The van der Waals surface area contributed by atoms with Gasteiger partial charge >= 0.3 is 0 Å². The summed E-state index contributed by atoms with van der Waals surface area (Å²) in [4.78, 5) is 16.6. The number of benzene rings is 1. The number of amides is 1. The molecule has 3 aromatic rings. The maximum Gasteiger partial charge on any atom is 0.256 e. The Bertz CT molecular complexity index is 807. The molecule has 4 heteroatoms. The highest BCUT2D eigenvalue weighted by atomic mass is 16.1. The van der Waals surface area contributed by atoms with Crippen LogP contribution in [0.15, 0.2) is 61.1 Å². The van der Waals surface area contributed by atoms with Gasteiger partial charge in [-0.05, 0) is 61.4 Å². The van der Waals surface area contributed by atoms with Gasteiger partial charge in [0.15, 0.2) is 0 Å². The normalized spacial score (nSPS) is 10.5. The standard InChI is InChI=1S/C18H17N3O/c1-13-7-8-19-17(11-13)20-18(22)15-6-5-14(2)16(12-15)21-9-3-4-10-21/h3-12H,1-2H3,(H,19,20,22). The molecule has 0 atom stereocenters. The summed E-state index contributed by atoms with van der Waals surface area (Å²) in [7, 11) is 0. The van der Waals surface area contributed by atoms with Gasteiger partial charge in [0.05, 0.1) is 0 Å². The number of rotatable bonds is 3. The third-order valence-corrected chi connectivity index (χ3v) is 3.51. The Morgan fingerprint density at radius 1 is 1.09 bits per heavy atom. The molecule has 110 valence electrons. The van der Waals surface area contributed by atoms with Crippen molar-refractivity contribution in [2.75, 3.05) is 5.32 Å². The molecule has 3 rings (SSSR count). The summed E-state index contributed by atoms with van der Waals surface area (Å²) in [5.41, 5.74) is 3.77. The molecule has 22 heavy (non-hydrogen) atoms. The van der Waals surface area contributed by atoms with Gasteiger partial charge in [0.1, 0.15) is 5.82 Å². The second-order valence-corrected chi connectivity index (χ2v) is 5.26. The van der Waals surface area contributed by atoms with E-state index in [2.05, 4.69) is 10.3 Å². The third-order valence-electron chi connectivity index (χ3n) is 3.51. The average molecular weight is 291 g/mol. The highest BCUT2D eigenvalue weighted by molar-refractivity contribution is 6.04. The van der Waals surface area contributed by atoms with Gasteiger partial charge < -0.3 is 9.88 Å². The lowest BCUT2D eigenvalue weighted by Crippen LogP contribution is -2.13. The van der Waals surface area contributed by atoms with Crippen molar-refractivity contribution in [3.63, 3.8) is 0 Å². The topological polar surface area (TPSA) is 46.9 Å². The van der Waals surface area contributed by atoms with Gasteiger partial charge in [-0.3, -0.25) is 4.79 Å². The smallest absolute Gasteiger partial charge is 0.256 e. The van der Waals surface area contributed by atoms with E-state index in [4.69, 9.17) is 0 Å². The maximum atomic E-state index is 12.4. The Balaban J connectivity index is 1.89. The van der Waals surface area contributed by atoms with Crippen molar-refractivity contribution >= 4 is 11.7 Å². The van der Waals surface area contributed by atoms with Crippen LogP contribution in [0.4, 0.5) is 5.82 Å². The van der Waals surface area contributed by atoms with Crippen molar-refractivity contribution < 1.29 is 4.79 Å². The third kappa shape index (κ3) is 2.91. The SMILES string of the molecule is Cc1ccnc(NC(=O)c2ccc(C)c(-n3cccc3)c2)c1. The zero-order chi connectivity index (χ0) is 15.5. The molecular formula is C18H17N3O. The van der Waals surface area contributed by atoms with Crippen molar-refractivity contribution in [2.24, 2.45) is 0 Å². The van der Waals surface area contributed by atoms with E-state index in [1.807, 2.05) is 73.3 Å². The van der Waals surface area contributed by atoms with Crippen molar-refractivity contribution in [2.45, 2.75) is 13.8 Å². The number of carbonyl (C=O) groups excluding carboxylic acids is 1. The molecule has 0 aliphatic heterocycles. The lowest BCUT2D eigenvalue weighted by molar-refractivity contribution is 0.102. The number of carbonyl (C=O) groups is 1. The zero-order valence-electron chi connectivity index (χ0n) is 12.6. The number of nitrogens with one attached hydrogen (secondary N) is 1. The molecule has 0 saturated heterocycles. The van der Waals surface area contributed by atoms with E-state index >= 15 is 0 Å². The highest BCUT2D eigenvalue weighted by Gasteiger charge is 2.10. The molecule has 1 aromatic carbocycles. The fourth-order valence-electron chi connectivity index (χ4n) is 2.32. The van der Waals surface area contributed by atoms with Gasteiger partial charge in [0, 0.05) is 29.8 Å². The summed E-state index contributed by atoms with van der Waals surface area (Å²) in [6.07, 6.45) is 5.61. The molecule has 4 nitrogen and oxygen atoms in total. The molecule has 0 spiro atoms. The van der Waals surface area contributed by atoms with Crippen LogP contribution in [0.1, 0.15) is 21.5 Å². The molecule has 0 aliphatic rings. The lowest BCUT2D eigenvalue weighted by atomic mass is 10.1. The molecule has 2 aromatic heterocycles. The van der Waals surface area contributed by atoms with Crippen molar-refractivity contribution in [3.8, 4) is 5.69 Å². The van der Waals surface area contributed by atoms with E-state index in [0.29, 0.717) is 11.4 Å². The van der Waals surface area contributed by atoms with Crippen LogP contribution in [0.25, 0.3) is 5.69 Å². The van der Waals surface area contributed by atoms with E-state index in [1.54, 1.807) is 6.20 Å². The van der Waals surface area contributed by atoms with Crippen molar-refractivity contribution in [1.82, 2.24) is 9.55 Å². The van der Waals surface area contributed by atoms with Crippen LogP contribution in [0.2, 0.25) is 0 Å². The van der Waals surface area contributed by atoms with Gasteiger partial charge in [-0.25, -0.2) is 4.98 Å². The Labute approximate surface area is 129 Å². The summed E-state index contributed by atoms with van der Waals surface area (Å²) < 4.78 is 2.00. The number of nitrogens with zero attached hydrogens (tertiary/aromatic N) is 2. The first kappa shape index (κ1) is 14.1. The van der Waals surface area contributed by atoms with Crippen LogP contribution < -0.4 is 5.32 Å². The minimum Gasteiger partial charge on any atom is -0.324 e. The fourth-order valence-corrected chi connectivity index (χ4v) is 2.32. The Hall–Kier alpha value is -2.88. The Kier molecular flexibility index (Phi) is 3.74. The minimum atomic E-state index is -0.161. The predicted molar refractivity (Wildman–Crippen MR) is 87.4 cm³/mol. The molecule has 0 unspecified atom stereocenters. The van der Waals surface area contributed by atoms with Crippen LogP contribution in [-0.2, 0) is 0 Å². The summed E-state index contributed by atoms with van der Waals surface area (Å²) in [6, 6.07) is 13.3. The number of anilines is 1. The van der Waals surface area contributed by atoms with Gasteiger partial charge in [-0.1, -0.05) is 6.07 Å².